The lowest BCUT2D eigenvalue weighted by Crippen LogP contribution is -2.26. The lowest BCUT2D eigenvalue weighted by Gasteiger charge is -2.29. The third-order valence-electron chi connectivity index (χ3n) is 3.44. The van der Waals surface area contributed by atoms with Crippen LogP contribution in [0.4, 0.5) is 0 Å². The number of unbranched alkanes of at least 4 members (excludes halogenated alkanes) is 3. The van der Waals surface area contributed by atoms with Gasteiger partial charge < -0.3 is 4.74 Å². The summed E-state index contributed by atoms with van der Waals surface area (Å²) in [5.41, 5.74) is 0. The van der Waals surface area contributed by atoms with Crippen LogP contribution in [0.3, 0.4) is 0 Å². The van der Waals surface area contributed by atoms with Crippen molar-refractivity contribution in [3.05, 3.63) is 0 Å². The minimum Gasteiger partial charge on any atom is -0.378 e. The predicted octanol–water partition coefficient (Wildman–Crippen LogP) is 5.04. The molecular weight excluding hydrogens is 196 g/mol. The summed E-state index contributed by atoms with van der Waals surface area (Å²) in [5, 5.41) is 0. The Bertz CT molecular complexity index is 130. The Balaban J connectivity index is 0.000000325. The van der Waals surface area contributed by atoms with E-state index >= 15 is 0 Å². The lowest BCUT2D eigenvalue weighted by molar-refractivity contribution is -0.0176. The lowest BCUT2D eigenvalue weighted by atomic mass is 9.89. The smallest absolute Gasteiger partial charge is 0.0547 e. The van der Waals surface area contributed by atoms with Crippen molar-refractivity contribution in [1.29, 1.82) is 0 Å². The maximum atomic E-state index is 5.55. The second-order valence-corrected chi connectivity index (χ2v) is 5.43. The molecule has 0 N–H and O–H groups in total. The van der Waals surface area contributed by atoms with Crippen LogP contribution in [0.25, 0.3) is 0 Å². The molecule has 0 aliphatic carbocycles. The summed E-state index contributed by atoms with van der Waals surface area (Å²) in [6, 6.07) is 0. The quantitative estimate of drug-likeness (QED) is 0.612. The molecule has 16 heavy (non-hydrogen) atoms. The molecule has 0 bridgehead atoms. The Morgan fingerprint density at radius 3 is 1.94 bits per heavy atom. The van der Waals surface area contributed by atoms with E-state index in [1.54, 1.807) is 0 Å². The van der Waals surface area contributed by atoms with E-state index in [2.05, 4.69) is 34.6 Å². The molecular formula is C15H32O. The molecule has 98 valence electrons. The van der Waals surface area contributed by atoms with Gasteiger partial charge in [0.25, 0.3) is 0 Å². The molecule has 1 nitrogen and oxygen atoms in total. The minimum atomic E-state index is 0.509. The number of hydrogen-bond acceptors (Lipinski definition) is 1. The van der Waals surface area contributed by atoms with E-state index in [-0.39, 0.29) is 0 Å². The van der Waals surface area contributed by atoms with Gasteiger partial charge in [0.1, 0.15) is 0 Å². The fraction of sp³-hybridized carbons (Fsp3) is 1.00. The van der Waals surface area contributed by atoms with Gasteiger partial charge in [-0.15, -0.1) is 0 Å². The van der Waals surface area contributed by atoms with Crippen LogP contribution in [0, 0.1) is 11.8 Å². The van der Waals surface area contributed by atoms with Gasteiger partial charge in [0.05, 0.1) is 6.10 Å². The van der Waals surface area contributed by atoms with E-state index in [0.29, 0.717) is 6.10 Å². The van der Waals surface area contributed by atoms with Crippen molar-refractivity contribution in [1.82, 2.24) is 0 Å². The van der Waals surface area contributed by atoms with Crippen LogP contribution in [-0.4, -0.2) is 12.7 Å². The summed E-state index contributed by atoms with van der Waals surface area (Å²) in [6.07, 6.45) is 8.66. The highest BCUT2D eigenvalue weighted by molar-refractivity contribution is 4.69. The van der Waals surface area contributed by atoms with Crippen molar-refractivity contribution in [3.63, 3.8) is 0 Å². The fourth-order valence-corrected chi connectivity index (χ4v) is 1.93. The molecule has 1 aliphatic heterocycles. The normalized spacial score (nSPS) is 25.1. The molecule has 1 unspecified atom stereocenters. The van der Waals surface area contributed by atoms with E-state index in [0.717, 1.165) is 18.4 Å². The van der Waals surface area contributed by atoms with Crippen molar-refractivity contribution in [2.45, 2.75) is 79.2 Å². The average molecular weight is 228 g/mol. The maximum Gasteiger partial charge on any atom is 0.0547 e. The molecule has 1 heteroatoms. The summed E-state index contributed by atoms with van der Waals surface area (Å²) in [4.78, 5) is 0. The minimum absolute atomic E-state index is 0.509. The van der Waals surface area contributed by atoms with Gasteiger partial charge in [-0.25, -0.2) is 0 Å². The molecule has 1 rings (SSSR count). The molecule has 0 amide bonds. The van der Waals surface area contributed by atoms with Gasteiger partial charge in [-0.1, -0.05) is 53.4 Å². The van der Waals surface area contributed by atoms with Gasteiger partial charge in [0, 0.05) is 6.61 Å². The van der Waals surface area contributed by atoms with E-state index < -0.39 is 0 Å². The van der Waals surface area contributed by atoms with Gasteiger partial charge in [-0.05, 0) is 31.6 Å². The Kier molecular flexibility index (Phi) is 10.1. The van der Waals surface area contributed by atoms with Crippen LogP contribution in [0.1, 0.15) is 73.1 Å². The van der Waals surface area contributed by atoms with Crippen LogP contribution in [0.15, 0.2) is 0 Å². The third-order valence-corrected chi connectivity index (χ3v) is 3.44. The number of rotatable bonds is 4. The van der Waals surface area contributed by atoms with Crippen LogP contribution >= 0.6 is 0 Å². The SMILES string of the molecule is CC(C)C1CC[C@H](C)OC1.CCCCCC. The molecule has 0 radical (unpaired) electrons. The molecule has 0 aromatic rings. The second-order valence-electron chi connectivity index (χ2n) is 5.43. The Morgan fingerprint density at radius 2 is 1.62 bits per heavy atom. The molecule has 0 saturated carbocycles. The Hall–Kier alpha value is -0.0400. The van der Waals surface area contributed by atoms with Gasteiger partial charge >= 0.3 is 0 Å². The zero-order chi connectivity index (χ0) is 12.4. The molecule has 1 fully saturated rings. The van der Waals surface area contributed by atoms with Crippen LogP contribution in [-0.2, 0) is 4.74 Å². The van der Waals surface area contributed by atoms with E-state index in [1.807, 2.05) is 0 Å². The van der Waals surface area contributed by atoms with Crippen molar-refractivity contribution < 1.29 is 4.74 Å². The topological polar surface area (TPSA) is 9.23 Å². The van der Waals surface area contributed by atoms with Crippen molar-refractivity contribution in [2.24, 2.45) is 11.8 Å². The highest BCUT2D eigenvalue weighted by atomic mass is 16.5. The third kappa shape index (κ3) is 8.15. The first-order valence-electron chi connectivity index (χ1n) is 7.23. The van der Waals surface area contributed by atoms with Crippen LogP contribution in [0.2, 0.25) is 0 Å². The second kappa shape index (κ2) is 10.1. The maximum absolute atomic E-state index is 5.55. The van der Waals surface area contributed by atoms with Gasteiger partial charge in [0.2, 0.25) is 0 Å². The van der Waals surface area contributed by atoms with Crippen molar-refractivity contribution >= 4 is 0 Å². The molecule has 0 aromatic carbocycles. The molecule has 1 saturated heterocycles. The highest BCUT2D eigenvalue weighted by Crippen LogP contribution is 2.24. The van der Waals surface area contributed by atoms with Crippen LogP contribution < -0.4 is 0 Å². The van der Waals surface area contributed by atoms with Gasteiger partial charge in [-0.3, -0.25) is 0 Å². The fourth-order valence-electron chi connectivity index (χ4n) is 1.93. The Labute approximate surface area is 103 Å². The standard InChI is InChI=1S/C9H18O.C6H14/c1-7(2)9-5-4-8(3)10-6-9;1-3-5-6-4-2/h7-9H,4-6H2,1-3H3;3-6H2,1-2H3/t8-,9?;/m0./s1. The van der Waals surface area contributed by atoms with Crippen LogP contribution in [0.5, 0.6) is 0 Å². The summed E-state index contributed by atoms with van der Waals surface area (Å²) < 4.78 is 5.55. The first kappa shape index (κ1) is 16.0. The van der Waals surface area contributed by atoms with E-state index in [4.69, 9.17) is 4.74 Å². The zero-order valence-corrected chi connectivity index (χ0v) is 12.1. The molecule has 1 heterocycles. The molecule has 2 atom stereocenters. The van der Waals surface area contributed by atoms with E-state index in [1.165, 1.54) is 38.5 Å². The Morgan fingerprint density at radius 1 is 1.06 bits per heavy atom. The average Bonchev–Trinajstić information content (AvgIpc) is 2.28. The summed E-state index contributed by atoms with van der Waals surface area (Å²) in [6.45, 7) is 12.2. The van der Waals surface area contributed by atoms with Gasteiger partial charge in [-0.2, -0.15) is 0 Å². The molecule has 1 aliphatic rings. The molecule has 0 aromatic heterocycles. The molecule has 0 spiro atoms. The van der Waals surface area contributed by atoms with Crippen molar-refractivity contribution in [3.8, 4) is 0 Å². The first-order valence-corrected chi connectivity index (χ1v) is 7.23. The summed E-state index contributed by atoms with van der Waals surface area (Å²) >= 11 is 0. The monoisotopic (exact) mass is 228 g/mol. The number of ether oxygens (including phenoxy) is 1. The predicted molar refractivity (Wildman–Crippen MR) is 72.8 cm³/mol. The zero-order valence-electron chi connectivity index (χ0n) is 12.1. The summed E-state index contributed by atoms with van der Waals surface area (Å²) in [7, 11) is 0. The summed E-state index contributed by atoms with van der Waals surface area (Å²) in [5.74, 6) is 1.61. The highest BCUT2D eigenvalue weighted by Gasteiger charge is 2.20. The van der Waals surface area contributed by atoms with E-state index in [9.17, 15) is 0 Å². The number of hydrogen-bond donors (Lipinski definition) is 0. The first-order chi connectivity index (χ1) is 7.61. The van der Waals surface area contributed by atoms with Gasteiger partial charge in [0.15, 0.2) is 0 Å². The van der Waals surface area contributed by atoms with Crippen molar-refractivity contribution in [2.75, 3.05) is 6.61 Å². The largest absolute Gasteiger partial charge is 0.378 e.